The van der Waals surface area contributed by atoms with E-state index in [2.05, 4.69) is 14.8 Å². The normalized spacial score (nSPS) is 20.7. The average molecular weight is 479 g/mol. The molecular formula is C29H42N4O2. The molecule has 3 fully saturated rings. The predicted octanol–water partition coefficient (Wildman–Crippen LogP) is 5.73. The fraction of sp³-hybridized carbons (Fsp3) is 0.690. The molecule has 0 aliphatic heterocycles. The Kier molecular flexibility index (Phi) is 8.05. The number of carbonyl (C=O) groups is 2. The van der Waals surface area contributed by atoms with E-state index >= 15 is 0 Å². The maximum absolute atomic E-state index is 14.0. The van der Waals surface area contributed by atoms with E-state index in [1.807, 2.05) is 24.3 Å². The number of rotatable bonds is 7. The Bertz CT molecular complexity index is 979. The van der Waals surface area contributed by atoms with Crippen LogP contribution in [0.3, 0.4) is 0 Å². The highest BCUT2D eigenvalue weighted by Gasteiger charge is 2.33. The van der Waals surface area contributed by atoms with Crippen LogP contribution in [0.2, 0.25) is 0 Å². The molecule has 3 aliphatic carbocycles. The first kappa shape index (κ1) is 24.3. The Labute approximate surface area is 209 Å². The minimum absolute atomic E-state index is 0.122. The van der Waals surface area contributed by atoms with E-state index in [1.54, 1.807) is 0 Å². The lowest BCUT2D eigenvalue weighted by Gasteiger charge is -2.42. The van der Waals surface area contributed by atoms with Gasteiger partial charge in [-0.2, -0.15) is 0 Å². The molecule has 1 N–H and O–H groups in total. The number of fused-ring (bicyclic) bond motifs is 1. The average Bonchev–Trinajstić information content (AvgIpc) is 3.26. The molecule has 6 heteroatoms. The Morgan fingerprint density at radius 1 is 0.829 bits per heavy atom. The lowest BCUT2D eigenvalue weighted by atomic mass is 9.88. The minimum atomic E-state index is 0.122. The van der Waals surface area contributed by atoms with Gasteiger partial charge in [0, 0.05) is 18.0 Å². The second-order valence-electron chi connectivity index (χ2n) is 11.0. The number of hydrogen-bond donors (Lipinski definition) is 1. The molecule has 0 unspecified atom stereocenters. The molecular weight excluding hydrogens is 436 g/mol. The molecule has 2 aromatic rings. The lowest BCUT2D eigenvalue weighted by Crippen LogP contribution is -2.50. The van der Waals surface area contributed by atoms with Crippen LogP contribution < -0.4 is 5.32 Å². The largest absolute Gasteiger partial charge is 0.349 e. The van der Waals surface area contributed by atoms with Crippen molar-refractivity contribution < 1.29 is 9.59 Å². The van der Waals surface area contributed by atoms with Crippen molar-refractivity contribution in [2.24, 2.45) is 5.92 Å². The summed E-state index contributed by atoms with van der Waals surface area (Å²) in [5, 5.41) is 3.15. The smallest absolute Gasteiger partial charge is 0.243 e. The third-order valence-electron chi connectivity index (χ3n) is 8.65. The van der Waals surface area contributed by atoms with Gasteiger partial charge in [0.05, 0.1) is 17.6 Å². The molecule has 5 rings (SSSR count). The number of nitrogens with one attached hydrogen (secondary N) is 1. The van der Waals surface area contributed by atoms with E-state index in [9.17, 15) is 9.59 Å². The number of nitrogens with zero attached hydrogens (tertiary/aromatic N) is 3. The summed E-state index contributed by atoms with van der Waals surface area (Å²) in [4.78, 5) is 33.9. The highest BCUT2D eigenvalue weighted by atomic mass is 16.2. The van der Waals surface area contributed by atoms with Crippen LogP contribution in [-0.4, -0.2) is 38.3 Å². The van der Waals surface area contributed by atoms with Gasteiger partial charge in [0.25, 0.3) is 0 Å². The molecule has 0 radical (unpaired) electrons. The van der Waals surface area contributed by atoms with Gasteiger partial charge in [-0.25, -0.2) is 4.98 Å². The summed E-state index contributed by atoms with van der Waals surface area (Å²) in [6, 6.07) is 8.81. The van der Waals surface area contributed by atoms with Gasteiger partial charge in [0.15, 0.2) is 0 Å². The zero-order valence-corrected chi connectivity index (χ0v) is 21.2. The van der Waals surface area contributed by atoms with Crippen LogP contribution in [0, 0.1) is 5.92 Å². The molecule has 0 bridgehead atoms. The number of imidazole rings is 1. The van der Waals surface area contributed by atoms with Crippen LogP contribution in [0.4, 0.5) is 0 Å². The summed E-state index contributed by atoms with van der Waals surface area (Å²) < 4.78 is 2.07. The second kappa shape index (κ2) is 11.6. The van der Waals surface area contributed by atoms with Gasteiger partial charge in [0.2, 0.25) is 11.8 Å². The van der Waals surface area contributed by atoms with Crippen molar-refractivity contribution in [3.8, 4) is 0 Å². The van der Waals surface area contributed by atoms with E-state index < -0.39 is 0 Å². The van der Waals surface area contributed by atoms with Crippen LogP contribution >= 0.6 is 0 Å². The fourth-order valence-corrected chi connectivity index (χ4v) is 6.75. The number of amides is 2. The van der Waals surface area contributed by atoms with Crippen LogP contribution in [-0.2, 0) is 22.7 Å². The van der Waals surface area contributed by atoms with Crippen LogP contribution in [0.1, 0.15) is 102 Å². The first-order valence-corrected chi connectivity index (χ1v) is 14.2. The van der Waals surface area contributed by atoms with Crippen molar-refractivity contribution in [1.82, 2.24) is 19.8 Å². The zero-order chi connectivity index (χ0) is 24.0. The molecule has 0 saturated heterocycles. The minimum Gasteiger partial charge on any atom is -0.349 e. The highest BCUT2D eigenvalue weighted by molar-refractivity contribution is 5.82. The third kappa shape index (κ3) is 5.73. The SMILES string of the molecule is O=C(NCc1nc2ccccc2n1CC(=O)N(C1CCCCC1)C1CCCCC1)C1CCCCC1. The summed E-state index contributed by atoms with van der Waals surface area (Å²) in [5.41, 5.74) is 1.87. The standard InChI is InChI=1S/C29H42N4O2/c34-28(33(23-14-6-2-7-15-23)24-16-8-3-9-17-24)21-32-26-19-11-10-18-25(26)31-27(32)20-30-29(35)22-12-4-1-5-13-22/h10-11,18-19,22-24H,1-9,12-17,20-21H2,(H,30,35). The number of benzene rings is 1. The Balaban J connectivity index is 1.36. The molecule has 1 aromatic carbocycles. The van der Waals surface area contributed by atoms with Gasteiger partial charge < -0.3 is 14.8 Å². The molecule has 35 heavy (non-hydrogen) atoms. The molecule has 3 aliphatic rings. The summed E-state index contributed by atoms with van der Waals surface area (Å²) in [5.74, 6) is 1.28. The number of carbonyl (C=O) groups excluding carboxylic acids is 2. The summed E-state index contributed by atoms with van der Waals surface area (Å²) in [6.45, 7) is 0.687. The summed E-state index contributed by atoms with van der Waals surface area (Å²) >= 11 is 0. The van der Waals surface area contributed by atoms with E-state index in [4.69, 9.17) is 4.98 Å². The number of hydrogen-bond acceptors (Lipinski definition) is 3. The maximum atomic E-state index is 14.0. The topological polar surface area (TPSA) is 67.2 Å². The fourth-order valence-electron chi connectivity index (χ4n) is 6.75. The van der Waals surface area contributed by atoms with Gasteiger partial charge in [-0.3, -0.25) is 9.59 Å². The molecule has 3 saturated carbocycles. The van der Waals surface area contributed by atoms with Crippen molar-refractivity contribution in [2.45, 2.75) is 121 Å². The van der Waals surface area contributed by atoms with Gasteiger partial charge in [-0.15, -0.1) is 0 Å². The van der Waals surface area contributed by atoms with Crippen molar-refractivity contribution in [2.75, 3.05) is 0 Å². The first-order chi connectivity index (χ1) is 17.2. The quantitative estimate of drug-likeness (QED) is 0.553. The molecule has 190 valence electrons. The Morgan fingerprint density at radius 2 is 1.40 bits per heavy atom. The van der Waals surface area contributed by atoms with E-state index in [1.165, 1.54) is 44.9 Å². The second-order valence-corrected chi connectivity index (χ2v) is 11.0. The number of aromatic nitrogens is 2. The van der Waals surface area contributed by atoms with Gasteiger partial charge in [-0.05, 0) is 50.7 Å². The molecule has 1 aromatic heterocycles. The first-order valence-electron chi connectivity index (χ1n) is 14.2. The molecule has 6 nitrogen and oxygen atoms in total. The monoisotopic (exact) mass is 478 g/mol. The van der Waals surface area contributed by atoms with E-state index in [0.717, 1.165) is 68.2 Å². The van der Waals surface area contributed by atoms with Crippen molar-refractivity contribution in [1.29, 1.82) is 0 Å². The maximum Gasteiger partial charge on any atom is 0.243 e. The molecule has 1 heterocycles. The van der Waals surface area contributed by atoms with E-state index in [-0.39, 0.29) is 17.7 Å². The predicted molar refractivity (Wildman–Crippen MR) is 139 cm³/mol. The number of para-hydroxylation sites is 2. The Morgan fingerprint density at radius 3 is 2.03 bits per heavy atom. The van der Waals surface area contributed by atoms with Gasteiger partial charge in [0.1, 0.15) is 12.4 Å². The molecule has 2 amide bonds. The highest BCUT2D eigenvalue weighted by Crippen LogP contribution is 2.31. The van der Waals surface area contributed by atoms with E-state index in [0.29, 0.717) is 25.2 Å². The van der Waals surface area contributed by atoms with Crippen molar-refractivity contribution >= 4 is 22.8 Å². The van der Waals surface area contributed by atoms with Crippen molar-refractivity contribution in [3.05, 3.63) is 30.1 Å². The lowest BCUT2D eigenvalue weighted by molar-refractivity contribution is -0.138. The Hall–Kier alpha value is -2.37. The molecule has 0 atom stereocenters. The van der Waals surface area contributed by atoms with Crippen molar-refractivity contribution in [3.63, 3.8) is 0 Å². The zero-order valence-electron chi connectivity index (χ0n) is 21.2. The van der Waals surface area contributed by atoms with Crippen LogP contribution in [0.25, 0.3) is 11.0 Å². The summed E-state index contributed by atoms with van der Waals surface area (Å²) in [6.07, 6.45) is 17.5. The van der Waals surface area contributed by atoms with Crippen LogP contribution in [0.15, 0.2) is 24.3 Å². The molecule has 0 spiro atoms. The summed E-state index contributed by atoms with van der Waals surface area (Å²) in [7, 11) is 0. The van der Waals surface area contributed by atoms with Crippen LogP contribution in [0.5, 0.6) is 0 Å². The third-order valence-corrected chi connectivity index (χ3v) is 8.65. The van der Waals surface area contributed by atoms with Gasteiger partial charge in [-0.1, -0.05) is 69.9 Å². The van der Waals surface area contributed by atoms with Gasteiger partial charge >= 0.3 is 0 Å².